The first-order valence-corrected chi connectivity index (χ1v) is 7.04. The van der Waals surface area contributed by atoms with Crippen LogP contribution in [-0.2, 0) is 4.79 Å². The smallest absolute Gasteiger partial charge is 0.167 e. The Balaban J connectivity index is 0. The predicted molar refractivity (Wildman–Crippen MR) is 79.5 cm³/mol. The Morgan fingerprint density at radius 3 is 2.10 bits per heavy atom. The molecule has 0 rings (SSSR count). The highest BCUT2D eigenvalue weighted by molar-refractivity contribution is 5.84. The average molecular weight is 307 g/mol. The molecule has 0 bridgehead atoms. The second-order valence-electron chi connectivity index (χ2n) is 4.63. The Morgan fingerprint density at radius 1 is 1.19 bits per heavy atom. The number of hydrogen-bond acceptors (Lipinski definition) is 7. The lowest BCUT2D eigenvalue weighted by Crippen LogP contribution is -2.48. The predicted octanol–water partition coefficient (Wildman–Crippen LogP) is -1.30. The van der Waals surface area contributed by atoms with Gasteiger partial charge in [-0.15, -0.1) is 6.58 Å². The van der Waals surface area contributed by atoms with Crippen molar-refractivity contribution >= 4 is 5.78 Å². The molecular weight excluding hydrogens is 278 g/mol. The lowest BCUT2D eigenvalue weighted by Gasteiger charge is -2.24. The molecule has 126 valence electrons. The van der Waals surface area contributed by atoms with Gasteiger partial charge < -0.3 is 31.3 Å². The summed E-state index contributed by atoms with van der Waals surface area (Å²) < 4.78 is 0. The van der Waals surface area contributed by atoms with Crippen LogP contribution in [0.2, 0.25) is 0 Å². The Morgan fingerprint density at radius 2 is 1.76 bits per heavy atom. The molecule has 0 aromatic heterocycles. The summed E-state index contributed by atoms with van der Waals surface area (Å²) >= 11 is 0. The SMILES string of the molecule is C=CCC(=O)C(O)C(O)C(O)C(O)CO.CCCCCN. The molecule has 0 saturated carbocycles. The number of carbonyl (C=O) groups excluding carboxylic acids is 1. The normalized spacial score (nSPS) is 16.1. The second kappa shape index (κ2) is 14.1. The van der Waals surface area contributed by atoms with Gasteiger partial charge in [-0.1, -0.05) is 25.8 Å². The molecule has 4 atom stereocenters. The van der Waals surface area contributed by atoms with E-state index >= 15 is 0 Å². The number of unbranched alkanes of at least 4 members (excludes halogenated alkanes) is 2. The molecule has 0 aliphatic heterocycles. The standard InChI is InChI=1S/C9H16O6.C5H13N/c1-2-3-5(11)7(13)9(15)8(14)6(12)4-10;1-2-3-4-5-6/h2,6-10,12-15H,1,3-4H2;2-6H2,1H3. The molecule has 0 spiro atoms. The van der Waals surface area contributed by atoms with Crippen LogP contribution in [0.25, 0.3) is 0 Å². The zero-order valence-electron chi connectivity index (χ0n) is 12.6. The maximum absolute atomic E-state index is 11.1. The van der Waals surface area contributed by atoms with Gasteiger partial charge in [0.05, 0.1) is 6.61 Å². The third-order valence-electron chi connectivity index (χ3n) is 2.74. The molecule has 0 radical (unpaired) electrons. The largest absolute Gasteiger partial charge is 0.394 e. The van der Waals surface area contributed by atoms with E-state index < -0.39 is 36.8 Å². The zero-order valence-corrected chi connectivity index (χ0v) is 12.6. The fourth-order valence-electron chi connectivity index (χ4n) is 1.37. The Kier molecular flexibility index (Phi) is 15.1. The number of rotatable bonds is 10. The summed E-state index contributed by atoms with van der Waals surface area (Å²) in [6, 6.07) is 0. The third-order valence-corrected chi connectivity index (χ3v) is 2.74. The van der Waals surface area contributed by atoms with Crippen LogP contribution in [-0.4, -0.2) is 68.9 Å². The molecule has 0 aromatic rings. The topological polar surface area (TPSA) is 144 Å². The van der Waals surface area contributed by atoms with Crippen molar-refractivity contribution < 1.29 is 30.3 Å². The Labute approximate surface area is 125 Å². The minimum absolute atomic E-state index is 0.153. The van der Waals surface area contributed by atoms with Crippen LogP contribution >= 0.6 is 0 Å². The summed E-state index contributed by atoms with van der Waals surface area (Å²) in [7, 11) is 0. The zero-order chi connectivity index (χ0) is 16.8. The van der Waals surface area contributed by atoms with Crippen molar-refractivity contribution in [2.45, 2.75) is 57.0 Å². The van der Waals surface area contributed by atoms with Crippen molar-refractivity contribution in [2.75, 3.05) is 13.2 Å². The Hall–Kier alpha value is -0.830. The van der Waals surface area contributed by atoms with Gasteiger partial charge in [0, 0.05) is 6.42 Å². The summed E-state index contributed by atoms with van der Waals surface area (Å²) in [6.45, 7) is 5.53. The summed E-state index contributed by atoms with van der Waals surface area (Å²) in [5.74, 6) is -0.721. The molecule has 7 N–H and O–H groups in total. The van der Waals surface area contributed by atoms with Gasteiger partial charge in [0.1, 0.15) is 24.4 Å². The number of carbonyl (C=O) groups is 1. The number of allylic oxidation sites excluding steroid dienone is 1. The van der Waals surface area contributed by atoms with Crippen LogP contribution < -0.4 is 5.73 Å². The maximum Gasteiger partial charge on any atom is 0.167 e. The Bertz CT molecular complexity index is 270. The van der Waals surface area contributed by atoms with Crippen LogP contribution in [0.15, 0.2) is 12.7 Å². The summed E-state index contributed by atoms with van der Waals surface area (Å²) in [5, 5.41) is 45.1. The van der Waals surface area contributed by atoms with Gasteiger partial charge in [-0.25, -0.2) is 0 Å². The first-order valence-electron chi connectivity index (χ1n) is 7.04. The minimum Gasteiger partial charge on any atom is -0.394 e. The first kappa shape index (κ1) is 22.5. The molecular formula is C14H29NO6. The van der Waals surface area contributed by atoms with Gasteiger partial charge in [-0.3, -0.25) is 4.79 Å². The van der Waals surface area contributed by atoms with Crippen molar-refractivity contribution in [1.82, 2.24) is 0 Å². The van der Waals surface area contributed by atoms with Crippen LogP contribution in [0, 0.1) is 0 Å². The van der Waals surface area contributed by atoms with E-state index in [-0.39, 0.29) is 6.42 Å². The molecule has 0 heterocycles. The first-order chi connectivity index (χ1) is 9.87. The molecule has 7 heteroatoms. The molecule has 0 aromatic carbocycles. The molecule has 7 nitrogen and oxygen atoms in total. The number of nitrogens with two attached hydrogens (primary N) is 1. The highest BCUT2D eigenvalue weighted by Crippen LogP contribution is 2.07. The van der Waals surface area contributed by atoms with Gasteiger partial charge in [0.25, 0.3) is 0 Å². The minimum atomic E-state index is -1.83. The molecule has 0 aliphatic rings. The summed E-state index contributed by atoms with van der Waals surface area (Å²) in [6.07, 6.45) is -2.18. The van der Waals surface area contributed by atoms with Crippen LogP contribution in [0.5, 0.6) is 0 Å². The number of hydrogen-bond donors (Lipinski definition) is 6. The molecule has 21 heavy (non-hydrogen) atoms. The van der Waals surface area contributed by atoms with Crippen molar-refractivity contribution in [3.63, 3.8) is 0 Å². The van der Waals surface area contributed by atoms with Gasteiger partial charge in [0.2, 0.25) is 0 Å². The van der Waals surface area contributed by atoms with E-state index in [2.05, 4.69) is 13.5 Å². The molecule has 0 aliphatic carbocycles. The highest BCUT2D eigenvalue weighted by atomic mass is 16.4. The number of Topliss-reactive ketones (excluding diaryl/α,β-unsaturated/α-hetero) is 1. The van der Waals surface area contributed by atoms with Crippen LogP contribution in [0.4, 0.5) is 0 Å². The second-order valence-corrected chi connectivity index (χ2v) is 4.63. The van der Waals surface area contributed by atoms with E-state index in [1.807, 2.05) is 0 Å². The number of aliphatic hydroxyl groups excluding tert-OH is 5. The maximum atomic E-state index is 11.1. The van der Waals surface area contributed by atoms with Crippen molar-refractivity contribution in [3.05, 3.63) is 12.7 Å². The third kappa shape index (κ3) is 10.5. The van der Waals surface area contributed by atoms with Crippen molar-refractivity contribution in [1.29, 1.82) is 0 Å². The van der Waals surface area contributed by atoms with E-state index in [0.717, 1.165) is 6.54 Å². The van der Waals surface area contributed by atoms with Crippen molar-refractivity contribution in [2.24, 2.45) is 5.73 Å². The molecule has 4 unspecified atom stereocenters. The lowest BCUT2D eigenvalue weighted by molar-refractivity contribution is -0.146. The van der Waals surface area contributed by atoms with Gasteiger partial charge in [0.15, 0.2) is 5.78 Å². The van der Waals surface area contributed by atoms with E-state index in [4.69, 9.17) is 15.9 Å². The quantitative estimate of drug-likeness (QED) is 0.217. The summed E-state index contributed by atoms with van der Waals surface area (Å²) in [5.41, 5.74) is 5.21. The molecule has 0 amide bonds. The number of aliphatic hydroxyl groups is 5. The van der Waals surface area contributed by atoms with Crippen LogP contribution in [0.3, 0.4) is 0 Å². The van der Waals surface area contributed by atoms with Gasteiger partial charge in [-0.2, -0.15) is 0 Å². The fraction of sp³-hybridized carbons (Fsp3) is 0.786. The monoisotopic (exact) mass is 307 g/mol. The van der Waals surface area contributed by atoms with Crippen molar-refractivity contribution in [3.8, 4) is 0 Å². The van der Waals surface area contributed by atoms with E-state index in [1.54, 1.807) is 0 Å². The fourth-order valence-corrected chi connectivity index (χ4v) is 1.37. The highest BCUT2D eigenvalue weighted by Gasteiger charge is 2.33. The molecule has 0 saturated heterocycles. The average Bonchev–Trinajstić information content (AvgIpc) is 2.50. The van der Waals surface area contributed by atoms with Crippen LogP contribution in [0.1, 0.15) is 32.6 Å². The van der Waals surface area contributed by atoms with Gasteiger partial charge >= 0.3 is 0 Å². The van der Waals surface area contributed by atoms with E-state index in [0.29, 0.717) is 0 Å². The van der Waals surface area contributed by atoms with Gasteiger partial charge in [-0.05, 0) is 13.0 Å². The molecule has 0 fully saturated rings. The van der Waals surface area contributed by atoms with E-state index in [9.17, 15) is 20.1 Å². The number of ketones is 1. The summed E-state index contributed by atoms with van der Waals surface area (Å²) in [4.78, 5) is 11.1. The lowest BCUT2D eigenvalue weighted by atomic mass is 9.99. The van der Waals surface area contributed by atoms with E-state index in [1.165, 1.54) is 25.3 Å².